The number of aliphatic hydroxyl groups excluding tert-OH is 2. The van der Waals surface area contributed by atoms with Gasteiger partial charge in [-0.1, -0.05) is 27.5 Å². The molecule has 0 saturated carbocycles. The zero-order valence-electron chi connectivity index (χ0n) is 46.3. The molecule has 4 aromatic rings. The summed E-state index contributed by atoms with van der Waals surface area (Å²) in [4.78, 5) is 87.9. The van der Waals surface area contributed by atoms with Gasteiger partial charge in [0.1, 0.15) is 34.2 Å². The van der Waals surface area contributed by atoms with Gasteiger partial charge < -0.3 is 70.5 Å². The van der Waals surface area contributed by atoms with Gasteiger partial charge in [0.15, 0.2) is 10.9 Å². The maximum absolute atomic E-state index is 12.2. The first kappa shape index (κ1) is 79.7. The van der Waals surface area contributed by atoms with Crippen LogP contribution in [0.15, 0.2) is 143 Å². The summed E-state index contributed by atoms with van der Waals surface area (Å²) in [5.74, 6) is -1.55. The van der Waals surface area contributed by atoms with E-state index < -0.39 is 32.9 Å². The number of aliphatic hydroxyl groups is 2. The van der Waals surface area contributed by atoms with E-state index in [9.17, 15) is 54.0 Å². The third-order valence-corrected chi connectivity index (χ3v) is 10.8. The number of anilines is 2. The number of nitrogens with one attached hydrogen (secondary N) is 1. The second-order valence-corrected chi connectivity index (χ2v) is 19.2. The molecule has 0 bridgehead atoms. The molecular weight excluding hydrogens is 1340 g/mol. The number of carbonyl (C=O) groups excluding carboxylic acids is 3. The van der Waals surface area contributed by atoms with Crippen LogP contribution in [0.25, 0.3) is 114 Å². The number of aromatic hydroxyl groups is 2. The molecule has 8 rings (SSSR count). The van der Waals surface area contributed by atoms with Gasteiger partial charge in [0.05, 0.1) is 44.0 Å². The second-order valence-electron chi connectivity index (χ2n) is 16.0. The molecule has 0 atom stereocenters. The zero-order chi connectivity index (χ0) is 67.5. The number of nitrogen functional groups attached to an aromatic ring is 1. The molecule has 4 aliphatic rings. The van der Waals surface area contributed by atoms with Crippen LogP contribution in [0.1, 0.15) is 20.7 Å². The molecule has 39 heteroatoms. The Morgan fingerprint density at radius 2 is 1.00 bits per heavy atom. The summed E-state index contributed by atoms with van der Waals surface area (Å²) in [5, 5.41) is 67.8. The van der Waals surface area contributed by atoms with E-state index in [0.717, 1.165) is 0 Å². The SMILES string of the molecule is Nc1ccc(-c2c3ccc(=O)cc-3oc3cc(O)ccc23)c(C(=O)O)c1.O=C(Cl)OC(Cl)(Cl)Cl.OCCCl.[N-]=[N+]=NCCO.[N-]=[N+]=NCCOC(=O)Cl.[N-]=[N+]=NCCOC(=O)Nc1ccc(-c2c3ccc(=O)cc-3oc3cc(O)ccc23)c(C(=O)O)c1.[N-]=[N+]=[N-].[Na+]. The van der Waals surface area contributed by atoms with Crippen molar-refractivity contribution in [3.63, 3.8) is 0 Å². The van der Waals surface area contributed by atoms with Crippen LogP contribution in [0.4, 0.5) is 25.8 Å². The van der Waals surface area contributed by atoms with Gasteiger partial charge in [-0.05, 0) is 135 Å². The average Bonchev–Trinajstić information content (AvgIpc) is 0.766. The average molecular weight is 1390 g/mol. The predicted octanol–water partition coefficient (Wildman–Crippen LogP) is 11.1. The molecule has 32 nitrogen and oxygen atoms in total. The number of carboxylic acids is 2. The Morgan fingerprint density at radius 3 is 1.37 bits per heavy atom. The van der Waals surface area contributed by atoms with E-state index in [1.807, 2.05) is 0 Å². The maximum atomic E-state index is 12.2. The summed E-state index contributed by atoms with van der Waals surface area (Å²) in [7, 11) is 0. The monoisotopic (exact) mass is 1380 g/mol. The fraction of sp³-hybridized carbons (Fsp3) is 0.173. The van der Waals surface area contributed by atoms with Crippen LogP contribution >= 0.6 is 69.6 Å². The summed E-state index contributed by atoms with van der Waals surface area (Å²) >= 11 is 29.1. The number of hydrogen-bond acceptors (Lipinski definition) is 20. The van der Waals surface area contributed by atoms with Gasteiger partial charge in [-0.2, -0.15) is 0 Å². The minimum Gasteiger partial charge on any atom is -0.508 e. The van der Waals surface area contributed by atoms with E-state index in [1.165, 1.54) is 77.7 Å². The number of phenolic OH excluding ortho intramolecular Hbond substituents is 2. The minimum atomic E-state index is -2.04. The van der Waals surface area contributed by atoms with Crippen LogP contribution < -0.4 is 51.5 Å². The van der Waals surface area contributed by atoms with E-state index in [0.29, 0.717) is 67.1 Å². The summed E-state index contributed by atoms with van der Waals surface area (Å²) in [6, 6.07) is 26.4. The molecule has 0 aromatic heterocycles. The van der Waals surface area contributed by atoms with E-state index in [1.54, 1.807) is 36.4 Å². The summed E-state index contributed by atoms with van der Waals surface area (Å²) in [6.07, 6.45) is -0.843. The van der Waals surface area contributed by atoms with Gasteiger partial charge in [-0.15, -0.1) is 11.6 Å². The molecule has 0 unspecified atom stereocenters. The van der Waals surface area contributed by atoms with Gasteiger partial charge >= 0.3 is 62.4 Å². The fourth-order valence-electron chi connectivity index (χ4n) is 7.04. The number of rotatable bonds is 14. The number of nitrogens with two attached hydrogens (primary N) is 1. The molecule has 472 valence electrons. The Bertz CT molecular complexity index is 4060. The van der Waals surface area contributed by atoms with Gasteiger partial charge in [0, 0.05) is 126 Å². The van der Waals surface area contributed by atoms with Crippen LogP contribution in [0.5, 0.6) is 11.5 Å². The van der Waals surface area contributed by atoms with Gasteiger partial charge in [0.2, 0.25) is 0 Å². The van der Waals surface area contributed by atoms with Crippen molar-refractivity contribution in [1.29, 1.82) is 0 Å². The molecule has 4 aromatic carbocycles. The second kappa shape index (κ2) is 41.8. The summed E-state index contributed by atoms with van der Waals surface area (Å²) in [5.41, 5.74) is 44.1. The molecule has 9 N–H and O–H groups in total. The van der Waals surface area contributed by atoms with Crippen molar-refractivity contribution >= 4 is 132 Å². The van der Waals surface area contributed by atoms with Crippen molar-refractivity contribution in [3.8, 4) is 56.4 Å². The van der Waals surface area contributed by atoms with Crippen molar-refractivity contribution < 1.29 is 107 Å². The number of benzene rings is 6. The normalized spacial score (nSPS) is 9.71. The van der Waals surface area contributed by atoms with Crippen LogP contribution in [0.2, 0.25) is 0 Å². The van der Waals surface area contributed by atoms with Crippen LogP contribution in [-0.2, 0) is 14.2 Å². The molecular formula is C52H43Cl6N14NaO18. The quantitative estimate of drug-likeness (QED) is 0.00479. The molecule has 2 heterocycles. The Balaban J connectivity index is 0.000000634. The number of alkyl halides is 4. The van der Waals surface area contributed by atoms with Crippen molar-refractivity contribution in [3.05, 3.63) is 188 Å². The number of nitrogens with zero attached hydrogens (tertiary/aromatic N) is 12. The number of hydrogen-bond donors (Lipinski definition) is 8. The van der Waals surface area contributed by atoms with E-state index >= 15 is 0 Å². The van der Waals surface area contributed by atoms with Crippen LogP contribution in [0, 0.1) is 0 Å². The van der Waals surface area contributed by atoms with Crippen molar-refractivity contribution in [2.45, 2.75) is 3.98 Å². The molecule has 2 aliphatic heterocycles. The fourth-order valence-corrected chi connectivity index (χ4v) is 7.56. The topological polar surface area (TPSA) is 538 Å². The van der Waals surface area contributed by atoms with E-state index in [-0.39, 0.29) is 126 Å². The standard InChI is InChI=1S/C23H16N4O7.C20H13NO5.C3H4ClN3O2.C2Cl4O2.C2H5ClO.C2H5N3O.N3.Na/c24-27-25-7-8-33-23(32)26-12-1-4-15(18(9-12)22(30)31)21-16-5-2-13(28)10-19(16)34-20-11-14(29)3-6-17(20)21;21-10-1-4-13(16(7-10)20(24)25)19-14-5-2-11(22)8-17(14)26-18-9-12(23)3-6-15(18)19;4-3(8)9-2-1-6-7-5;3-1(7)8-2(4,5)6;3-1-2-4;3-5-4-1-2-6;1-3-2;/h1-6,9-11,28H,7-8H2,(H,26,32)(H,30,31);1-9,22H,21H2,(H,24,25);1-2H2;;4H,1-2H2;6H,1-2H2;;/q;;;;;;-1;+1. The molecule has 2 aliphatic carbocycles. The zero-order valence-corrected chi connectivity index (χ0v) is 52.9. The Morgan fingerprint density at radius 1 is 0.582 bits per heavy atom. The minimum absolute atomic E-state index is 0. The molecule has 91 heavy (non-hydrogen) atoms. The number of ether oxygens (including phenoxy) is 3. The number of halogens is 6. The predicted molar refractivity (Wildman–Crippen MR) is 333 cm³/mol. The Hall–Kier alpha value is -9.29. The molecule has 0 saturated heterocycles. The summed E-state index contributed by atoms with van der Waals surface area (Å²) in [6.45, 7) is 0.173. The Kier molecular flexibility index (Phi) is 36.7. The largest absolute Gasteiger partial charge is 1.00 e. The van der Waals surface area contributed by atoms with Gasteiger partial charge in [-0.25, -0.2) is 24.0 Å². The number of amides is 1. The number of carboxylic acid groups (broad SMARTS) is 2. The number of fused-ring (bicyclic) bond motifs is 4. The van der Waals surface area contributed by atoms with Crippen molar-refractivity contribution in [2.75, 3.05) is 63.0 Å². The van der Waals surface area contributed by atoms with E-state index in [4.69, 9.17) is 115 Å². The maximum Gasteiger partial charge on any atom is 1.00 e. The Labute approximate surface area is 561 Å². The first-order valence-electron chi connectivity index (χ1n) is 24.1. The number of aromatic carboxylic acids is 2. The number of phenols is 2. The van der Waals surface area contributed by atoms with Gasteiger partial charge in [-0.3, -0.25) is 19.8 Å². The number of azide groups is 3. The van der Waals surface area contributed by atoms with E-state index in [2.05, 4.69) is 56.5 Å². The third kappa shape index (κ3) is 28.0. The first-order chi connectivity index (χ1) is 42.7. The first-order valence-corrected chi connectivity index (χ1v) is 26.6. The number of carbonyl (C=O) groups is 5. The summed E-state index contributed by atoms with van der Waals surface area (Å²) < 4.78 is 22.4. The molecule has 0 fully saturated rings. The molecule has 0 radical (unpaired) electrons. The third-order valence-electron chi connectivity index (χ3n) is 10.2. The molecule has 1 amide bonds. The van der Waals surface area contributed by atoms with Crippen molar-refractivity contribution in [2.24, 2.45) is 15.3 Å². The van der Waals surface area contributed by atoms with Crippen molar-refractivity contribution in [1.82, 2.24) is 0 Å². The molecule has 0 spiro atoms. The van der Waals surface area contributed by atoms with Gasteiger partial charge in [0.25, 0.3) is 0 Å². The van der Waals surface area contributed by atoms with Crippen LogP contribution in [-0.4, -0.2) is 115 Å². The van der Waals surface area contributed by atoms with Crippen LogP contribution in [0.3, 0.4) is 0 Å². The smallest absolute Gasteiger partial charge is 0.508 e.